The summed E-state index contributed by atoms with van der Waals surface area (Å²) in [4.78, 5) is 8.76. The second kappa shape index (κ2) is 19.8. The van der Waals surface area contributed by atoms with Crippen molar-refractivity contribution in [2.75, 3.05) is 0 Å². The van der Waals surface area contributed by atoms with Gasteiger partial charge in [0.1, 0.15) is 0 Å². The van der Waals surface area contributed by atoms with Gasteiger partial charge in [-0.15, -0.1) is 68.0 Å². The van der Waals surface area contributed by atoms with Crippen LogP contribution in [-0.2, 0) is 25.7 Å². The first-order valence-corrected chi connectivity index (χ1v) is 31.5. The van der Waals surface area contributed by atoms with Crippen LogP contribution in [-0.4, -0.2) is 0 Å². The zero-order valence-corrected chi connectivity index (χ0v) is 47.9. The lowest BCUT2D eigenvalue weighted by atomic mass is 9.99. The summed E-state index contributed by atoms with van der Waals surface area (Å²) in [6.07, 6.45) is 9.73. The molecule has 6 heterocycles. The summed E-state index contributed by atoms with van der Waals surface area (Å²) in [5.74, 6) is 0. The molecule has 0 radical (unpaired) electrons. The highest BCUT2D eigenvalue weighted by molar-refractivity contribution is 7.21. The van der Waals surface area contributed by atoms with E-state index in [2.05, 4.69) is 187 Å². The van der Waals surface area contributed by atoms with Gasteiger partial charge >= 0.3 is 0 Å². The normalized spacial score (nSPS) is 12.1. The van der Waals surface area contributed by atoms with Crippen LogP contribution >= 0.6 is 68.0 Å². The van der Waals surface area contributed by atoms with Gasteiger partial charge in [-0.25, -0.2) is 0 Å². The van der Waals surface area contributed by atoms with E-state index in [0.717, 1.165) is 12.8 Å². The third-order valence-corrected chi connectivity index (χ3v) is 22.0. The van der Waals surface area contributed by atoms with Crippen molar-refractivity contribution >= 4 is 193 Å². The summed E-state index contributed by atoms with van der Waals surface area (Å²) in [6.45, 7) is 13.4. The van der Waals surface area contributed by atoms with Gasteiger partial charge in [0.25, 0.3) is 0 Å². The van der Waals surface area contributed by atoms with Crippen molar-refractivity contribution in [3.8, 4) is 0 Å². The summed E-state index contributed by atoms with van der Waals surface area (Å²) in [5, 5.41) is 25.0. The highest BCUT2D eigenvalue weighted by atomic mass is 32.1. The summed E-state index contributed by atoms with van der Waals surface area (Å²) in [6, 6.07) is 56.2. The molecular formula is C68H58S6. The molecule has 0 bridgehead atoms. The molecule has 0 aliphatic heterocycles. The first kappa shape index (κ1) is 48.0. The Morgan fingerprint density at radius 3 is 0.770 bits per heavy atom. The van der Waals surface area contributed by atoms with Crippen LogP contribution in [0.1, 0.15) is 82.6 Å². The third kappa shape index (κ3) is 8.70. The van der Waals surface area contributed by atoms with Crippen molar-refractivity contribution in [1.82, 2.24) is 0 Å². The van der Waals surface area contributed by atoms with E-state index in [0.29, 0.717) is 0 Å². The Morgan fingerprint density at radius 2 is 0.500 bits per heavy atom. The maximum atomic E-state index is 2.44. The van der Waals surface area contributed by atoms with Gasteiger partial charge in [0.15, 0.2) is 0 Å². The topological polar surface area (TPSA) is 0 Å². The zero-order chi connectivity index (χ0) is 50.2. The number of fused-ring (bicyclic) bond motifs is 18. The average molecular weight is 1070 g/mol. The van der Waals surface area contributed by atoms with Crippen LogP contribution in [0, 0.1) is 13.8 Å². The fourth-order valence-corrected chi connectivity index (χ4v) is 17.5. The molecule has 0 amide bonds. The SMILES string of the molecule is CCCCc1cc2c(ccc3cc4c(ccc5sc(CCCC)cc54)cc32)s1.CCc1cc2c(ccc3cc4c(ccc5sc(CC)cc54)cc32)s1.Cc1cc2c(ccc3cc4c(ccc5sc(C)cc54)cc32)s1. The molecule has 6 heteroatoms. The predicted molar refractivity (Wildman–Crippen MR) is 342 cm³/mol. The molecule has 15 aromatic rings. The van der Waals surface area contributed by atoms with Gasteiger partial charge in [0.2, 0.25) is 0 Å². The van der Waals surface area contributed by atoms with E-state index in [-0.39, 0.29) is 0 Å². The number of aryl methyl sites for hydroxylation is 6. The fourth-order valence-electron chi connectivity index (χ4n) is 11.3. The highest BCUT2D eigenvalue weighted by Gasteiger charge is 2.14. The van der Waals surface area contributed by atoms with Crippen LogP contribution in [0.4, 0.5) is 0 Å². The lowest BCUT2D eigenvalue weighted by Crippen LogP contribution is -1.79. The Kier molecular flexibility index (Phi) is 12.8. The van der Waals surface area contributed by atoms with Crippen molar-refractivity contribution in [2.45, 2.75) is 92.9 Å². The molecule has 9 aromatic carbocycles. The lowest BCUT2D eigenvalue weighted by molar-refractivity contribution is 0.804. The van der Waals surface area contributed by atoms with Gasteiger partial charge in [-0.3, -0.25) is 0 Å². The molecule has 0 saturated carbocycles. The van der Waals surface area contributed by atoms with Crippen LogP contribution < -0.4 is 0 Å². The van der Waals surface area contributed by atoms with E-state index in [9.17, 15) is 0 Å². The van der Waals surface area contributed by atoms with Crippen molar-refractivity contribution in [3.05, 3.63) is 175 Å². The molecule has 74 heavy (non-hydrogen) atoms. The summed E-state index contributed by atoms with van der Waals surface area (Å²) in [7, 11) is 0. The highest BCUT2D eigenvalue weighted by Crippen LogP contribution is 2.42. The Labute approximate surface area is 457 Å². The molecule has 0 unspecified atom stereocenters. The van der Waals surface area contributed by atoms with Crippen molar-refractivity contribution in [1.29, 1.82) is 0 Å². The zero-order valence-electron chi connectivity index (χ0n) is 43.0. The molecule has 0 atom stereocenters. The van der Waals surface area contributed by atoms with Crippen LogP contribution in [0.5, 0.6) is 0 Å². The Balaban J connectivity index is 0.000000108. The molecule has 366 valence electrons. The molecule has 0 N–H and O–H groups in total. The molecule has 15 rings (SSSR count). The first-order chi connectivity index (χ1) is 36.2. The van der Waals surface area contributed by atoms with Crippen molar-refractivity contribution < 1.29 is 0 Å². The van der Waals surface area contributed by atoms with Gasteiger partial charge in [-0.05, 0) is 226 Å². The lowest BCUT2D eigenvalue weighted by Gasteiger charge is -2.05. The van der Waals surface area contributed by atoms with Crippen LogP contribution in [0.2, 0.25) is 0 Å². The van der Waals surface area contributed by atoms with Gasteiger partial charge in [0.05, 0.1) is 0 Å². The minimum Gasteiger partial charge on any atom is -0.141 e. The molecule has 0 fully saturated rings. The van der Waals surface area contributed by atoms with E-state index >= 15 is 0 Å². The van der Waals surface area contributed by atoms with Crippen LogP contribution in [0.3, 0.4) is 0 Å². The monoisotopic (exact) mass is 1070 g/mol. The maximum absolute atomic E-state index is 2.44. The number of thiophene rings is 6. The van der Waals surface area contributed by atoms with Crippen molar-refractivity contribution in [3.63, 3.8) is 0 Å². The predicted octanol–water partition coefficient (Wildman–Crippen LogP) is 23.7. The van der Waals surface area contributed by atoms with Gasteiger partial charge in [-0.2, -0.15) is 0 Å². The number of unbranched alkanes of at least 4 members (excludes halogenated alkanes) is 2. The Bertz CT molecular complexity index is 4340. The van der Waals surface area contributed by atoms with Crippen LogP contribution in [0.15, 0.2) is 146 Å². The first-order valence-electron chi connectivity index (χ1n) is 26.6. The minimum atomic E-state index is 1.11. The van der Waals surface area contributed by atoms with Gasteiger partial charge in [-0.1, -0.05) is 76.9 Å². The maximum Gasteiger partial charge on any atom is 0.0352 e. The van der Waals surface area contributed by atoms with Crippen molar-refractivity contribution in [2.24, 2.45) is 0 Å². The summed E-state index contributed by atoms with van der Waals surface area (Å²) >= 11 is 11.6. The molecule has 0 spiro atoms. The summed E-state index contributed by atoms with van der Waals surface area (Å²) < 4.78 is 8.44. The largest absolute Gasteiger partial charge is 0.141 e. The molecule has 0 nitrogen and oxygen atoms in total. The Morgan fingerprint density at radius 1 is 0.257 bits per heavy atom. The van der Waals surface area contributed by atoms with E-state index < -0.39 is 0 Å². The van der Waals surface area contributed by atoms with E-state index in [1.54, 1.807) is 0 Å². The Hall–Kier alpha value is -5.70. The molecule has 0 saturated heterocycles. The van der Waals surface area contributed by atoms with E-state index in [1.807, 2.05) is 68.0 Å². The number of rotatable bonds is 8. The van der Waals surface area contributed by atoms with E-state index in [1.165, 1.54) is 193 Å². The standard InChI is InChI=1S/C26H26S2.C22H18S2.C20H14S2/c1-3-5-7-19-15-23-21-13-18-10-12-26-24(16-20(28-26)8-6-4-2)22(18)14-17(21)9-11-25(23)27-19;1-3-15-11-19-17-9-14-6-8-22-20(12-16(4-2)24-22)18(14)10-13(17)5-7-21(19)23-15;1-11-7-17-15-9-14-4-6-20-18(8-12(2)22-20)16(14)10-13(15)3-5-19(17)21-11/h9-16H,3-8H2,1-2H3;5-12H,3-4H2,1-2H3;3-10H,1-2H3. The van der Waals surface area contributed by atoms with Gasteiger partial charge < -0.3 is 0 Å². The average Bonchev–Trinajstić information content (AvgIpc) is 4.30. The minimum absolute atomic E-state index is 1.11. The quantitative estimate of drug-likeness (QED) is 0.133. The molecule has 6 aromatic heterocycles. The second-order valence-electron chi connectivity index (χ2n) is 20.2. The third-order valence-electron chi connectivity index (χ3n) is 15.2. The molecule has 0 aliphatic rings. The van der Waals surface area contributed by atoms with Gasteiger partial charge in [0, 0.05) is 89.8 Å². The fraction of sp³-hybridized carbons (Fsp3) is 0.206. The second-order valence-corrected chi connectivity index (χ2v) is 27.5. The van der Waals surface area contributed by atoms with Crippen LogP contribution in [0.25, 0.3) is 125 Å². The number of hydrogen-bond donors (Lipinski definition) is 0. The summed E-state index contributed by atoms with van der Waals surface area (Å²) in [5.41, 5.74) is 0. The molecule has 0 aliphatic carbocycles. The number of benzene rings is 9. The van der Waals surface area contributed by atoms with E-state index in [4.69, 9.17) is 0 Å². The smallest absolute Gasteiger partial charge is 0.0352 e. The number of hydrogen-bond acceptors (Lipinski definition) is 6. The molecular weight excluding hydrogens is 1010 g/mol.